The number of hydrogen-bond donors (Lipinski definition) is 0. The molecule has 0 heterocycles. The van der Waals surface area contributed by atoms with Crippen molar-refractivity contribution < 1.29 is 9.53 Å². The van der Waals surface area contributed by atoms with Gasteiger partial charge < -0.3 is 9.64 Å². The lowest BCUT2D eigenvalue weighted by Gasteiger charge is -2.31. The van der Waals surface area contributed by atoms with E-state index in [2.05, 4.69) is 19.9 Å². The summed E-state index contributed by atoms with van der Waals surface area (Å²) >= 11 is 0. The minimum atomic E-state index is -0.761. The predicted octanol–water partition coefficient (Wildman–Crippen LogP) is 2.20. The molecule has 1 rings (SSSR count). The molecule has 0 aromatic rings. The van der Waals surface area contributed by atoms with Gasteiger partial charge in [-0.3, -0.25) is 4.79 Å². The molecular formula is C14H24N2O2. The monoisotopic (exact) mass is 252 g/mol. The average molecular weight is 252 g/mol. The van der Waals surface area contributed by atoms with Crippen LogP contribution in [0.2, 0.25) is 0 Å². The molecule has 1 aliphatic rings. The van der Waals surface area contributed by atoms with Crippen molar-refractivity contribution in [3.8, 4) is 6.07 Å². The molecule has 102 valence electrons. The third kappa shape index (κ3) is 3.46. The molecular weight excluding hydrogens is 228 g/mol. The van der Waals surface area contributed by atoms with Crippen molar-refractivity contribution in [2.45, 2.75) is 39.5 Å². The van der Waals surface area contributed by atoms with Crippen LogP contribution in [-0.2, 0) is 9.53 Å². The highest BCUT2D eigenvalue weighted by atomic mass is 16.5. The molecule has 0 N–H and O–H groups in total. The summed E-state index contributed by atoms with van der Waals surface area (Å²) in [6, 6.07) is 2.28. The third-order valence-electron chi connectivity index (χ3n) is 3.52. The van der Waals surface area contributed by atoms with Gasteiger partial charge in [0.05, 0.1) is 12.7 Å². The van der Waals surface area contributed by atoms with Gasteiger partial charge in [-0.05, 0) is 18.8 Å². The average Bonchev–Trinajstić information content (AvgIpc) is 2.83. The maximum atomic E-state index is 12.6. The fraction of sp³-hybridized carbons (Fsp3) is 0.857. The van der Waals surface area contributed by atoms with Crippen LogP contribution in [0.3, 0.4) is 0 Å². The van der Waals surface area contributed by atoms with Gasteiger partial charge in [-0.1, -0.05) is 26.7 Å². The van der Waals surface area contributed by atoms with E-state index in [0.717, 1.165) is 12.8 Å². The zero-order valence-electron chi connectivity index (χ0n) is 11.7. The van der Waals surface area contributed by atoms with E-state index < -0.39 is 5.41 Å². The Morgan fingerprint density at radius 2 is 2.06 bits per heavy atom. The standard InChI is InChI=1S/C14H24N2O2/c1-12(2)10-16(8-9-18-3)13(17)14(11-15)6-4-5-7-14/h12H,4-10H2,1-3H3. The Balaban J connectivity index is 2.77. The van der Waals surface area contributed by atoms with Gasteiger partial charge in [-0.2, -0.15) is 5.26 Å². The molecule has 0 aromatic carbocycles. The Hall–Kier alpha value is -1.08. The smallest absolute Gasteiger partial charge is 0.243 e. The van der Waals surface area contributed by atoms with E-state index in [-0.39, 0.29) is 5.91 Å². The molecule has 4 nitrogen and oxygen atoms in total. The van der Waals surface area contributed by atoms with Gasteiger partial charge in [0.15, 0.2) is 0 Å². The van der Waals surface area contributed by atoms with Crippen molar-refractivity contribution >= 4 is 5.91 Å². The molecule has 0 bridgehead atoms. The highest BCUT2D eigenvalue weighted by Gasteiger charge is 2.43. The lowest BCUT2D eigenvalue weighted by atomic mass is 9.86. The molecule has 0 unspecified atom stereocenters. The quantitative estimate of drug-likeness (QED) is 0.728. The van der Waals surface area contributed by atoms with Gasteiger partial charge in [-0.15, -0.1) is 0 Å². The normalized spacial score (nSPS) is 17.7. The van der Waals surface area contributed by atoms with E-state index in [4.69, 9.17) is 4.74 Å². The number of ether oxygens (including phenoxy) is 1. The first-order valence-corrected chi connectivity index (χ1v) is 6.75. The van der Waals surface area contributed by atoms with E-state index in [9.17, 15) is 10.1 Å². The van der Waals surface area contributed by atoms with Gasteiger partial charge in [0, 0.05) is 20.2 Å². The van der Waals surface area contributed by atoms with Crippen molar-refractivity contribution in [2.75, 3.05) is 26.8 Å². The molecule has 0 atom stereocenters. The van der Waals surface area contributed by atoms with Crippen molar-refractivity contribution in [1.29, 1.82) is 5.26 Å². The fourth-order valence-electron chi connectivity index (χ4n) is 2.57. The van der Waals surface area contributed by atoms with Crippen molar-refractivity contribution in [3.63, 3.8) is 0 Å². The van der Waals surface area contributed by atoms with Crippen LogP contribution in [0.4, 0.5) is 0 Å². The number of rotatable bonds is 6. The Morgan fingerprint density at radius 3 is 2.50 bits per heavy atom. The minimum Gasteiger partial charge on any atom is -0.383 e. The summed E-state index contributed by atoms with van der Waals surface area (Å²) in [6.45, 7) is 5.98. The first-order valence-electron chi connectivity index (χ1n) is 6.75. The summed E-state index contributed by atoms with van der Waals surface area (Å²) in [5.74, 6) is 0.413. The summed E-state index contributed by atoms with van der Waals surface area (Å²) in [6.07, 6.45) is 3.39. The summed E-state index contributed by atoms with van der Waals surface area (Å²) in [5.41, 5.74) is -0.761. The van der Waals surface area contributed by atoms with Crippen LogP contribution < -0.4 is 0 Å². The minimum absolute atomic E-state index is 0.00764. The zero-order valence-corrected chi connectivity index (χ0v) is 11.7. The summed E-state index contributed by atoms with van der Waals surface area (Å²) in [5, 5.41) is 9.37. The molecule has 1 amide bonds. The van der Waals surface area contributed by atoms with Gasteiger partial charge in [0.25, 0.3) is 0 Å². The Morgan fingerprint density at radius 1 is 1.44 bits per heavy atom. The zero-order chi connectivity index (χ0) is 13.6. The molecule has 0 radical (unpaired) electrons. The molecule has 4 heteroatoms. The van der Waals surface area contributed by atoms with Crippen LogP contribution in [0.15, 0.2) is 0 Å². The molecule has 1 aliphatic carbocycles. The highest BCUT2D eigenvalue weighted by molar-refractivity contribution is 5.85. The summed E-state index contributed by atoms with van der Waals surface area (Å²) in [4.78, 5) is 14.4. The fourth-order valence-corrected chi connectivity index (χ4v) is 2.57. The Kier molecular flexibility index (Phi) is 5.61. The number of carbonyl (C=O) groups excluding carboxylic acids is 1. The van der Waals surface area contributed by atoms with Gasteiger partial charge >= 0.3 is 0 Å². The number of amides is 1. The highest BCUT2D eigenvalue weighted by Crippen LogP contribution is 2.39. The van der Waals surface area contributed by atoms with Crippen LogP contribution in [0.1, 0.15) is 39.5 Å². The van der Waals surface area contributed by atoms with E-state index in [0.29, 0.717) is 38.5 Å². The number of carbonyl (C=O) groups is 1. The SMILES string of the molecule is COCCN(CC(C)C)C(=O)C1(C#N)CCCC1. The topological polar surface area (TPSA) is 53.3 Å². The second kappa shape index (κ2) is 6.75. The molecule has 18 heavy (non-hydrogen) atoms. The Bertz CT molecular complexity index is 314. The molecule has 0 spiro atoms. The molecule has 0 saturated heterocycles. The molecule has 0 aliphatic heterocycles. The number of methoxy groups -OCH3 is 1. The van der Waals surface area contributed by atoms with Gasteiger partial charge in [0.2, 0.25) is 5.91 Å². The second-order valence-corrected chi connectivity index (χ2v) is 5.54. The lowest BCUT2D eigenvalue weighted by molar-refractivity contribution is -0.140. The first kappa shape index (κ1) is 15.0. The maximum Gasteiger partial charge on any atom is 0.243 e. The largest absolute Gasteiger partial charge is 0.383 e. The van der Waals surface area contributed by atoms with Crippen LogP contribution in [-0.4, -0.2) is 37.6 Å². The second-order valence-electron chi connectivity index (χ2n) is 5.54. The number of hydrogen-bond acceptors (Lipinski definition) is 3. The predicted molar refractivity (Wildman–Crippen MR) is 69.8 cm³/mol. The van der Waals surface area contributed by atoms with E-state index >= 15 is 0 Å². The van der Waals surface area contributed by atoms with Crippen molar-refractivity contribution in [1.82, 2.24) is 4.90 Å². The van der Waals surface area contributed by atoms with Crippen molar-refractivity contribution in [2.24, 2.45) is 11.3 Å². The van der Waals surface area contributed by atoms with E-state index in [1.54, 1.807) is 7.11 Å². The van der Waals surface area contributed by atoms with Crippen LogP contribution in [0, 0.1) is 22.7 Å². The number of nitriles is 1. The van der Waals surface area contributed by atoms with Crippen molar-refractivity contribution in [3.05, 3.63) is 0 Å². The molecule has 0 aromatic heterocycles. The van der Waals surface area contributed by atoms with Gasteiger partial charge in [-0.25, -0.2) is 0 Å². The van der Waals surface area contributed by atoms with Gasteiger partial charge in [0.1, 0.15) is 5.41 Å². The van der Waals surface area contributed by atoms with Crippen LogP contribution in [0.5, 0.6) is 0 Å². The molecule has 1 fully saturated rings. The maximum absolute atomic E-state index is 12.6. The summed E-state index contributed by atoms with van der Waals surface area (Å²) < 4.78 is 5.06. The lowest BCUT2D eigenvalue weighted by Crippen LogP contribution is -2.45. The van der Waals surface area contributed by atoms with E-state index in [1.807, 2.05) is 4.90 Å². The number of nitrogens with zero attached hydrogens (tertiary/aromatic N) is 2. The van der Waals surface area contributed by atoms with Crippen LogP contribution in [0.25, 0.3) is 0 Å². The summed E-state index contributed by atoms with van der Waals surface area (Å²) in [7, 11) is 1.63. The van der Waals surface area contributed by atoms with E-state index in [1.165, 1.54) is 0 Å². The third-order valence-corrected chi connectivity index (χ3v) is 3.52. The first-order chi connectivity index (χ1) is 8.55. The van der Waals surface area contributed by atoms with Crippen LogP contribution >= 0.6 is 0 Å². The molecule has 1 saturated carbocycles. The Labute approximate surface area is 110 Å².